The van der Waals surface area contributed by atoms with Gasteiger partial charge in [0.05, 0.1) is 0 Å². The highest BCUT2D eigenvalue weighted by molar-refractivity contribution is 6.33. The number of aromatic nitrogens is 2. The molecule has 1 heterocycles. The summed E-state index contributed by atoms with van der Waals surface area (Å²) in [6.07, 6.45) is 4.37. The molecule has 0 spiro atoms. The number of hydrogen-bond donors (Lipinski definition) is 0. The summed E-state index contributed by atoms with van der Waals surface area (Å²) in [6, 6.07) is 8.08. The number of aryl methyl sites for hydroxylation is 1. The first-order chi connectivity index (χ1) is 13.5. The molecule has 0 saturated heterocycles. The lowest BCUT2D eigenvalue weighted by Crippen LogP contribution is -2.33. The minimum atomic E-state index is -2.85. The molecular weight excluding hydrogens is 384 g/mol. The van der Waals surface area contributed by atoms with Crippen molar-refractivity contribution in [1.29, 1.82) is 0 Å². The second-order valence-electron chi connectivity index (χ2n) is 7.42. The van der Waals surface area contributed by atoms with E-state index in [1.807, 2.05) is 18.2 Å². The Morgan fingerprint density at radius 3 is 2.75 bits per heavy atom. The fraction of sp³-hybridized carbons (Fsp3) is 0.429. The Bertz CT molecular complexity index is 934. The molecule has 0 unspecified atom stereocenters. The summed E-state index contributed by atoms with van der Waals surface area (Å²) in [5, 5.41) is 3.71. The van der Waals surface area contributed by atoms with Gasteiger partial charge in [-0.15, -0.1) is 0 Å². The second-order valence-corrected chi connectivity index (χ2v) is 7.78. The highest BCUT2D eigenvalue weighted by Crippen LogP contribution is 2.36. The Morgan fingerprint density at radius 2 is 2.11 bits per heavy atom. The van der Waals surface area contributed by atoms with Gasteiger partial charge in [0.15, 0.2) is 0 Å². The van der Waals surface area contributed by atoms with E-state index in [-0.39, 0.29) is 16.8 Å². The topological polar surface area (TPSA) is 38.1 Å². The number of rotatable bonds is 6. The van der Waals surface area contributed by atoms with Crippen LogP contribution < -0.4 is 0 Å². The Morgan fingerprint density at radius 1 is 1.36 bits per heavy atom. The summed E-state index contributed by atoms with van der Waals surface area (Å²) >= 11 is 6.17. The largest absolute Gasteiger partial charge is 0.331 e. The molecule has 28 heavy (non-hydrogen) atoms. The lowest BCUT2D eigenvalue weighted by atomic mass is 9.98. The van der Waals surface area contributed by atoms with Gasteiger partial charge in [0.25, 0.3) is 12.3 Å². The van der Waals surface area contributed by atoms with Crippen molar-refractivity contribution in [2.75, 3.05) is 0 Å². The van der Waals surface area contributed by atoms with Gasteiger partial charge in [0.1, 0.15) is 16.4 Å². The van der Waals surface area contributed by atoms with E-state index in [9.17, 15) is 13.6 Å². The van der Waals surface area contributed by atoms with Gasteiger partial charge in [0.2, 0.25) is 0 Å². The van der Waals surface area contributed by atoms with Crippen LogP contribution in [-0.2, 0) is 13.6 Å². The van der Waals surface area contributed by atoms with Gasteiger partial charge in [-0.05, 0) is 48.8 Å². The molecule has 0 aliphatic heterocycles. The van der Waals surface area contributed by atoms with Crippen LogP contribution in [0.4, 0.5) is 8.78 Å². The third-order valence-electron chi connectivity index (χ3n) is 5.42. The smallest absolute Gasteiger partial charge is 0.283 e. The first-order valence-corrected chi connectivity index (χ1v) is 9.94. The van der Waals surface area contributed by atoms with Crippen molar-refractivity contribution >= 4 is 23.1 Å². The molecule has 1 fully saturated rings. The van der Waals surface area contributed by atoms with E-state index in [4.69, 9.17) is 11.6 Å². The lowest BCUT2D eigenvalue weighted by Gasteiger charge is -2.24. The quantitative estimate of drug-likeness (QED) is 0.646. The summed E-state index contributed by atoms with van der Waals surface area (Å²) in [4.78, 5) is 14.9. The molecule has 2 aliphatic rings. The molecule has 1 amide bonds. The lowest BCUT2D eigenvalue weighted by molar-refractivity contribution is 0.0717. The predicted octanol–water partition coefficient (Wildman–Crippen LogP) is 5.38. The summed E-state index contributed by atoms with van der Waals surface area (Å²) in [6.45, 7) is 0.380. The van der Waals surface area contributed by atoms with Crippen LogP contribution >= 0.6 is 11.6 Å². The van der Waals surface area contributed by atoms with Crippen LogP contribution in [0.1, 0.15) is 65.7 Å². The van der Waals surface area contributed by atoms with Crippen LogP contribution in [0, 0.1) is 0 Å². The van der Waals surface area contributed by atoms with E-state index in [1.54, 1.807) is 4.90 Å². The van der Waals surface area contributed by atoms with Gasteiger partial charge >= 0.3 is 0 Å². The van der Waals surface area contributed by atoms with Crippen molar-refractivity contribution in [3.8, 4) is 0 Å². The summed E-state index contributed by atoms with van der Waals surface area (Å²) in [7, 11) is 1.47. The molecule has 0 N–H and O–H groups in total. The van der Waals surface area contributed by atoms with Crippen molar-refractivity contribution in [3.63, 3.8) is 0 Å². The number of hydrogen-bond acceptors (Lipinski definition) is 2. The van der Waals surface area contributed by atoms with E-state index in [0.29, 0.717) is 6.54 Å². The van der Waals surface area contributed by atoms with Crippen LogP contribution in [0.2, 0.25) is 5.15 Å². The maximum absolute atomic E-state index is 13.4. The predicted molar refractivity (Wildman–Crippen MR) is 104 cm³/mol. The molecule has 0 atom stereocenters. The average molecular weight is 406 g/mol. The summed E-state index contributed by atoms with van der Waals surface area (Å²) in [5.41, 5.74) is 2.75. The van der Waals surface area contributed by atoms with Gasteiger partial charge in [-0.25, -0.2) is 8.78 Å². The van der Waals surface area contributed by atoms with Crippen LogP contribution in [0.3, 0.4) is 0 Å². The van der Waals surface area contributed by atoms with E-state index in [1.165, 1.54) is 12.6 Å². The van der Waals surface area contributed by atoms with Gasteiger partial charge in [-0.1, -0.05) is 41.9 Å². The van der Waals surface area contributed by atoms with Crippen LogP contribution in [0.5, 0.6) is 0 Å². The molecule has 1 saturated carbocycles. The number of carbonyl (C=O) groups excluding carboxylic acids is 1. The Hall–Kier alpha value is -2.21. The normalized spacial score (nSPS) is 16.5. The maximum atomic E-state index is 13.4. The zero-order chi connectivity index (χ0) is 19.8. The Kier molecular flexibility index (Phi) is 5.23. The van der Waals surface area contributed by atoms with E-state index in [0.717, 1.165) is 47.9 Å². The Balaban J connectivity index is 1.68. The maximum Gasteiger partial charge on any atom is 0.283 e. The zero-order valence-electron chi connectivity index (χ0n) is 15.7. The molecule has 2 aromatic rings. The third-order valence-corrected chi connectivity index (χ3v) is 5.85. The van der Waals surface area contributed by atoms with Crippen molar-refractivity contribution in [2.24, 2.45) is 7.05 Å². The average Bonchev–Trinajstić information content (AvgIpc) is 3.28. The van der Waals surface area contributed by atoms with Gasteiger partial charge in [-0.2, -0.15) is 5.10 Å². The molecule has 4 rings (SSSR count). The van der Waals surface area contributed by atoms with Crippen molar-refractivity contribution in [1.82, 2.24) is 14.7 Å². The van der Waals surface area contributed by atoms with Crippen molar-refractivity contribution in [3.05, 3.63) is 57.9 Å². The number of benzene rings is 1. The standard InChI is InChI=1S/C21H22ClF2N3O/c1-26-19(22)17(18(25-26)20(23)24)21(28)27(15-10-11-15)12-14-8-4-5-9-16(14)13-6-2-3-7-13/h4-6,8-9,15,20H,2-3,7,10-12H2,1H3. The minimum Gasteiger partial charge on any atom is -0.331 e. The number of amides is 1. The molecule has 1 aromatic carbocycles. The minimum absolute atomic E-state index is 0.0438. The second kappa shape index (κ2) is 7.66. The molecule has 0 radical (unpaired) electrons. The molecular formula is C21H22ClF2N3O. The Labute approximate surface area is 167 Å². The van der Waals surface area contributed by atoms with Gasteiger partial charge in [-0.3, -0.25) is 9.48 Å². The molecule has 4 nitrogen and oxygen atoms in total. The summed E-state index contributed by atoms with van der Waals surface area (Å²) < 4.78 is 28.0. The SMILES string of the molecule is Cn1nc(C(F)F)c(C(=O)N(Cc2ccccc2C2=CCCC2)C2CC2)c1Cl. The van der Waals surface area contributed by atoms with Crippen LogP contribution in [-0.4, -0.2) is 26.6 Å². The van der Waals surface area contributed by atoms with Crippen molar-refractivity contribution in [2.45, 2.75) is 51.1 Å². The zero-order valence-corrected chi connectivity index (χ0v) is 16.4. The number of allylic oxidation sites excluding steroid dienone is 2. The third kappa shape index (κ3) is 3.58. The van der Waals surface area contributed by atoms with Gasteiger partial charge < -0.3 is 4.90 Å². The first-order valence-electron chi connectivity index (χ1n) is 9.56. The summed E-state index contributed by atoms with van der Waals surface area (Å²) in [5.74, 6) is -0.467. The number of halogens is 3. The number of nitrogens with zero attached hydrogens (tertiary/aromatic N) is 3. The molecule has 0 bridgehead atoms. The highest BCUT2D eigenvalue weighted by Gasteiger charge is 2.38. The van der Waals surface area contributed by atoms with E-state index in [2.05, 4.69) is 17.2 Å². The van der Waals surface area contributed by atoms with Gasteiger partial charge in [0, 0.05) is 19.6 Å². The highest BCUT2D eigenvalue weighted by atomic mass is 35.5. The fourth-order valence-corrected chi connectivity index (χ4v) is 4.06. The van der Waals surface area contributed by atoms with Crippen LogP contribution in [0.15, 0.2) is 30.3 Å². The van der Waals surface area contributed by atoms with Crippen molar-refractivity contribution < 1.29 is 13.6 Å². The molecule has 7 heteroatoms. The molecule has 148 valence electrons. The molecule has 2 aliphatic carbocycles. The monoisotopic (exact) mass is 405 g/mol. The van der Waals surface area contributed by atoms with Crippen LogP contribution in [0.25, 0.3) is 5.57 Å². The van der Waals surface area contributed by atoms with E-state index < -0.39 is 18.0 Å². The molecule has 1 aromatic heterocycles. The fourth-order valence-electron chi connectivity index (χ4n) is 3.84. The number of alkyl halides is 2. The van der Waals surface area contributed by atoms with E-state index >= 15 is 0 Å². The first kappa shape index (κ1) is 19.1. The number of carbonyl (C=O) groups is 1.